The summed E-state index contributed by atoms with van der Waals surface area (Å²) >= 11 is 0. The van der Waals surface area contributed by atoms with Crippen molar-refractivity contribution >= 4 is 17.2 Å². The van der Waals surface area contributed by atoms with E-state index in [1.54, 1.807) is 62.5 Å². The Morgan fingerprint density at radius 1 is 1.00 bits per heavy atom. The number of fused-ring (bicyclic) bond motifs is 1. The highest BCUT2D eigenvalue weighted by atomic mass is 19.4. The molecule has 4 aromatic rings. The Morgan fingerprint density at radius 2 is 1.83 bits per heavy atom. The summed E-state index contributed by atoms with van der Waals surface area (Å²) in [6.07, 6.45) is -3.05. The van der Waals surface area contributed by atoms with Crippen molar-refractivity contribution in [2.45, 2.75) is 20.0 Å². The van der Waals surface area contributed by atoms with E-state index >= 15 is 0 Å². The van der Waals surface area contributed by atoms with E-state index in [9.17, 15) is 13.2 Å². The number of halogens is 3. The van der Waals surface area contributed by atoms with Gasteiger partial charge < -0.3 is 10.1 Å². The first kappa shape index (κ1) is 18.7. The van der Waals surface area contributed by atoms with Gasteiger partial charge >= 0.3 is 6.18 Å². The molecule has 3 aromatic heterocycles. The predicted octanol–water partition coefficient (Wildman–Crippen LogP) is 4.69. The topological polar surface area (TPSA) is 77.2 Å². The summed E-state index contributed by atoms with van der Waals surface area (Å²) in [5.41, 5.74) is 1.86. The minimum atomic E-state index is -4.66. The molecule has 1 N–H and O–H groups in total. The molecule has 0 spiro atoms. The lowest BCUT2D eigenvalue weighted by molar-refractivity contribution is -0.146. The first-order valence-electron chi connectivity index (χ1n) is 8.59. The number of aromatic nitrogens is 5. The minimum Gasteiger partial charge on any atom is -0.439 e. The molecule has 4 rings (SSSR count). The molecule has 0 amide bonds. The third-order valence-electron chi connectivity index (χ3n) is 4.30. The van der Waals surface area contributed by atoms with E-state index in [0.29, 0.717) is 33.0 Å². The molecule has 10 heteroatoms. The molecule has 148 valence electrons. The summed E-state index contributed by atoms with van der Waals surface area (Å²) < 4.78 is 46.0. The number of nitrogens with zero attached hydrogens (tertiary/aromatic N) is 5. The molecule has 0 saturated heterocycles. The number of aryl methyl sites for hydroxylation is 1. The minimum absolute atomic E-state index is 0.0626. The van der Waals surface area contributed by atoms with Gasteiger partial charge in [-0.15, -0.1) is 15.3 Å². The van der Waals surface area contributed by atoms with Crippen LogP contribution in [0.1, 0.15) is 17.0 Å². The molecule has 0 fully saturated rings. The number of nitrogens with one attached hydrogen (secondary N) is 1. The van der Waals surface area contributed by atoms with Gasteiger partial charge in [-0.2, -0.15) is 17.7 Å². The van der Waals surface area contributed by atoms with Crippen LogP contribution in [0.2, 0.25) is 0 Å². The monoisotopic (exact) mass is 400 g/mol. The number of rotatable bonds is 4. The maximum atomic E-state index is 13.2. The predicted molar refractivity (Wildman–Crippen MR) is 99.3 cm³/mol. The number of alkyl halides is 3. The molecule has 0 bridgehead atoms. The fourth-order valence-corrected chi connectivity index (χ4v) is 2.73. The number of hydrogen-bond acceptors (Lipinski definition) is 6. The Labute approximate surface area is 163 Å². The van der Waals surface area contributed by atoms with Crippen LogP contribution in [0, 0.1) is 13.8 Å². The van der Waals surface area contributed by atoms with Crippen molar-refractivity contribution in [3.05, 3.63) is 65.6 Å². The number of anilines is 2. The van der Waals surface area contributed by atoms with Gasteiger partial charge in [0.15, 0.2) is 11.5 Å². The standard InChI is InChI=1S/C19H15F3N6O/c1-11-12(2)17-25-26-18(19(20,21)22)28(17)27-16(11)24-13-6-5-7-14(10-13)29-15-8-3-4-9-23-15/h3-10H,1-2H3,(H,24,27). The summed E-state index contributed by atoms with van der Waals surface area (Å²) in [5, 5.41) is 14.0. The lowest BCUT2D eigenvalue weighted by atomic mass is 10.2. The van der Waals surface area contributed by atoms with Crippen molar-refractivity contribution in [3.8, 4) is 11.6 Å². The van der Waals surface area contributed by atoms with Gasteiger partial charge in [0, 0.05) is 35.1 Å². The Bertz CT molecular complexity index is 1170. The molecule has 1 aromatic carbocycles. The van der Waals surface area contributed by atoms with Gasteiger partial charge in [0.1, 0.15) is 5.75 Å². The molecule has 7 nitrogen and oxygen atoms in total. The molecule has 3 heterocycles. The summed E-state index contributed by atoms with van der Waals surface area (Å²) in [4.78, 5) is 4.10. The molecule has 29 heavy (non-hydrogen) atoms. The van der Waals surface area contributed by atoms with Gasteiger partial charge in [0.05, 0.1) is 0 Å². The van der Waals surface area contributed by atoms with Crippen LogP contribution in [0.4, 0.5) is 24.7 Å². The van der Waals surface area contributed by atoms with Crippen LogP contribution in [-0.2, 0) is 6.18 Å². The third kappa shape index (κ3) is 3.68. The van der Waals surface area contributed by atoms with Crippen molar-refractivity contribution in [3.63, 3.8) is 0 Å². The van der Waals surface area contributed by atoms with Gasteiger partial charge in [-0.3, -0.25) is 0 Å². The highest BCUT2D eigenvalue weighted by Gasteiger charge is 2.38. The number of ether oxygens (including phenoxy) is 1. The van der Waals surface area contributed by atoms with Gasteiger partial charge in [-0.05, 0) is 32.0 Å². The van der Waals surface area contributed by atoms with Crippen LogP contribution in [-0.4, -0.2) is 24.8 Å². The SMILES string of the molecule is Cc1c(Nc2cccc(Oc3ccccn3)c2)nn2c(C(F)(F)F)nnc2c1C. The second-order valence-electron chi connectivity index (χ2n) is 6.28. The molecule has 0 saturated carbocycles. The average Bonchev–Trinajstić information content (AvgIpc) is 3.11. The first-order valence-corrected chi connectivity index (χ1v) is 8.59. The second kappa shape index (κ2) is 7.04. The molecular weight excluding hydrogens is 385 g/mol. The largest absolute Gasteiger partial charge is 0.453 e. The van der Waals surface area contributed by atoms with E-state index < -0.39 is 12.0 Å². The molecule has 0 atom stereocenters. The van der Waals surface area contributed by atoms with E-state index in [4.69, 9.17) is 4.74 Å². The van der Waals surface area contributed by atoms with Crippen molar-refractivity contribution in [1.82, 2.24) is 24.8 Å². The lowest BCUT2D eigenvalue weighted by Gasteiger charge is -2.13. The van der Waals surface area contributed by atoms with Gasteiger partial charge in [-0.25, -0.2) is 4.98 Å². The van der Waals surface area contributed by atoms with Crippen molar-refractivity contribution < 1.29 is 17.9 Å². The van der Waals surface area contributed by atoms with Crippen molar-refractivity contribution in [2.75, 3.05) is 5.32 Å². The molecule has 0 aliphatic carbocycles. The fraction of sp³-hybridized carbons (Fsp3) is 0.158. The van der Waals surface area contributed by atoms with E-state index in [0.717, 1.165) is 0 Å². The van der Waals surface area contributed by atoms with Crippen LogP contribution in [0.15, 0.2) is 48.7 Å². The van der Waals surface area contributed by atoms with Crippen LogP contribution in [0.25, 0.3) is 5.65 Å². The van der Waals surface area contributed by atoms with Gasteiger partial charge in [-0.1, -0.05) is 12.1 Å². The quantitative estimate of drug-likeness (QED) is 0.536. The zero-order valence-electron chi connectivity index (χ0n) is 15.4. The Morgan fingerprint density at radius 3 is 2.55 bits per heavy atom. The lowest BCUT2D eigenvalue weighted by Crippen LogP contribution is -2.14. The second-order valence-corrected chi connectivity index (χ2v) is 6.28. The summed E-state index contributed by atoms with van der Waals surface area (Å²) in [5.74, 6) is 0.0288. The van der Waals surface area contributed by atoms with Crippen molar-refractivity contribution in [2.24, 2.45) is 0 Å². The fourth-order valence-electron chi connectivity index (χ4n) is 2.73. The van der Waals surface area contributed by atoms with E-state index in [1.807, 2.05) is 0 Å². The average molecular weight is 400 g/mol. The zero-order valence-corrected chi connectivity index (χ0v) is 15.4. The normalized spacial score (nSPS) is 11.6. The number of pyridine rings is 1. The van der Waals surface area contributed by atoms with Crippen molar-refractivity contribution in [1.29, 1.82) is 0 Å². The molecule has 0 aliphatic rings. The number of benzene rings is 1. The summed E-state index contributed by atoms with van der Waals surface area (Å²) in [6.45, 7) is 3.42. The highest BCUT2D eigenvalue weighted by molar-refractivity contribution is 5.65. The van der Waals surface area contributed by atoms with Crippen LogP contribution in [0.3, 0.4) is 0 Å². The van der Waals surface area contributed by atoms with Crippen LogP contribution in [0.5, 0.6) is 11.6 Å². The Kier molecular flexibility index (Phi) is 4.53. The third-order valence-corrected chi connectivity index (χ3v) is 4.30. The van der Waals surface area contributed by atoms with E-state index in [-0.39, 0.29) is 11.5 Å². The van der Waals surface area contributed by atoms with E-state index in [1.165, 1.54) is 0 Å². The highest BCUT2D eigenvalue weighted by Crippen LogP contribution is 2.31. The summed E-state index contributed by atoms with van der Waals surface area (Å²) in [6, 6.07) is 12.2. The maximum Gasteiger partial charge on any atom is 0.453 e. The van der Waals surface area contributed by atoms with Gasteiger partial charge in [0.25, 0.3) is 5.82 Å². The molecule has 0 aliphatic heterocycles. The van der Waals surface area contributed by atoms with Gasteiger partial charge in [0.2, 0.25) is 5.88 Å². The molecule has 0 radical (unpaired) electrons. The number of hydrogen-bond donors (Lipinski definition) is 1. The smallest absolute Gasteiger partial charge is 0.439 e. The molecule has 0 unspecified atom stereocenters. The zero-order chi connectivity index (χ0) is 20.6. The molecular formula is C19H15F3N6O. The Balaban J connectivity index is 1.69. The first-order chi connectivity index (χ1) is 13.8. The maximum absolute atomic E-state index is 13.2. The Hall–Kier alpha value is -3.69. The van der Waals surface area contributed by atoms with Crippen LogP contribution < -0.4 is 10.1 Å². The summed E-state index contributed by atoms with van der Waals surface area (Å²) in [7, 11) is 0. The van der Waals surface area contributed by atoms with E-state index in [2.05, 4.69) is 25.6 Å². The van der Waals surface area contributed by atoms with Crippen LogP contribution >= 0.6 is 0 Å².